The second-order valence-electron chi connectivity index (χ2n) is 6.87. The number of hydrogen-bond acceptors (Lipinski definition) is 5. The van der Waals surface area contributed by atoms with Gasteiger partial charge < -0.3 is 9.84 Å². The fourth-order valence-electron chi connectivity index (χ4n) is 3.61. The van der Waals surface area contributed by atoms with Crippen LogP contribution in [0.5, 0.6) is 5.75 Å². The summed E-state index contributed by atoms with van der Waals surface area (Å²) < 4.78 is 5.50. The Hall–Kier alpha value is -3.64. The van der Waals surface area contributed by atoms with Gasteiger partial charge in [-0.25, -0.2) is 0 Å². The molecule has 0 spiro atoms. The number of pyridine rings is 1. The molecular weight excluding hydrogens is 416 g/mol. The number of aromatic nitrogens is 1. The van der Waals surface area contributed by atoms with Crippen molar-refractivity contribution in [3.8, 4) is 5.75 Å². The highest BCUT2D eigenvalue weighted by Gasteiger charge is 2.47. The third-order valence-electron chi connectivity index (χ3n) is 4.98. The highest BCUT2D eigenvalue weighted by molar-refractivity contribution is 6.51. The van der Waals surface area contributed by atoms with E-state index in [1.807, 2.05) is 13.0 Å². The first-order chi connectivity index (χ1) is 15.0. The number of ether oxygens (including phenoxy) is 1. The molecule has 0 saturated carbocycles. The number of amides is 1. The van der Waals surface area contributed by atoms with Crippen LogP contribution in [0.1, 0.15) is 24.1 Å². The first-order valence-electron chi connectivity index (χ1n) is 9.71. The van der Waals surface area contributed by atoms with Crippen molar-refractivity contribution < 1.29 is 19.4 Å². The molecule has 1 fully saturated rings. The second-order valence-corrected chi connectivity index (χ2v) is 7.28. The van der Waals surface area contributed by atoms with Gasteiger partial charge in [-0.2, -0.15) is 0 Å². The number of ketones is 1. The molecule has 156 valence electrons. The first kappa shape index (κ1) is 20.6. The molecule has 2 aromatic carbocycles. The van der Waals surface area contributed by atoms with Crippen molar-refractivity contribution in [2.24, 2.45) is 0 Å². The lowest BCUT2D eigenvalue weighted by molar-refractivity contribution is -0.132. The number of halogens is 1. The molecule has 4 rings (SSSR count). The Balaban J connectivity index is 1.92. The van der Waals surface area contributed by atoms with Gasteiger partial charge in [-0.05, 0) is 48.9 Å². The van der Waals surface area contributed by atoms with Crippen LogP contribution < -0.4 is 9.64 Å². The van der Waals surface area contributed by atoms with E-state index in [-0.39, 0.29) is 11.3 Å². The SMILES string of the molecule is CCOc1cc(/C(O)=C2/C(=O)C(=O)N(c3ccccc3)C2c2cccnc2)ccc1Cl. The predicted molar refractivity (Wildman–Crippen MR) is 118 cm³/mol. The quantitative estimate of drug-likeness (QED) is 0.356. The molecule has 1 aliphatic rings. The van der Waals surface area contributed by atoms with Crippen LogP contribution in [0, 0.1) is 0 Å². The minimum atomic E-state index is -0.831. The van der Waals surface area contributed by atoms with E-state index in [2.05, 4.69) is 4.98 Å². The standard InChI is InChI=1S/C24H19ClN2O4/c1-2-31-19-13-15(10-11-18(19)25)22(28)20-21(16-7-6-12-26-14-16)27(24(30)23(20)29)17-8-4-3-5-9-17/h3-14,21,28H,2H2,1H3/b22-20-. The van der Waals surface area contributed by atoms with E-state index in [0.29, 0.717) is 34.2 Å². The van der Waals surface area contributed by atoms with Crippen molar-refractivity contribution in [3.63, 3.8) is 0 Å². The third-order valence-corrected chi connectivity index (χ3v) is 5.30. The number of aliphatic hydroxyl groups excluding tert-OH is 1. The van der Waals surface area contributed by atoms with Crippen LogP contribution in [0.4, 0.5) is 5.69 Å². The summed E-state index contributed by atoms with van der Waals surface area (Å²) in [5, 5.41) is 11.5. The molecular formula is C24H19ClN2O4. The van der Waals surface area contributed by atoms with Crippen molar-refractivity contribution in [1.29, 1.82) is 0 Å². The highest BCUT2D eigenvalue weighted by Crippen LogP contribution is 2.42. The number of hydrogen-bond donors (Lipinski definition) is 1. The van der Waals surface area contributed by atoms with Gasteiger partial charge in [0.1, 0.15) is 11.5 Å². The van der Waals surface area contributed by atoms with Crippen LogP contribution in [0.25, 0.3) is 5.76 Å². The van der Waals surface area contributed by atoms with Crippen LogP contribution in [0.3, 0.4) is 0 Å². The maximum absolute atomic E-state index is 13.1. The molecule has 1 aliphatic heterocycles. The summed E-state index contributed by atoms with van der Waals surface area (Å²) in [4.78, 5) is 31.6. The smallest absolute Gasteiger partial charge is 0.300 e. The van der Waals surface area contributed by atoms with Gasteiger partial charge in [0.15, 0.2) is 0 Å². The van der Waals surface area contributed by atoms with Crippen LogP contribution in [-0.2, 0) is 9.59 Å². The summed E-state index contributed by atoms with van der Waals surface area (Å²) >= 11 is 6.16. The van der Waals surface area contributed by atoms with E-state index in [0.717, 1.165) is 0 Å². The minimum absolute atomic E-state index is 0.0216. The summed E-state index contributed by atoms with van der Waals surface area (Å²) in [6.07, 6.45) is 3.18. The average Bonchev–Trinajstić information content (AvgIpc) is 3.07. The number of aliphatic hydroxyl groups is 1. The van der Waals surface area contributed by atoms with Gasteiger partial charge in [0.25, 0.3) is 11.7 Å². The Morgan fingerprint density at radius 1 is 1.13 bits per heavy atom. The van der Waals surface area contributed by atoms with Crippen LogP contribution in [-0.4, -0.2) is 28.4 Å². The number of carbonyl (C=O) groups is 2. The lowest BCUT2D eigenvalue weighted by atomic mass is 9.96. The normalized spacial score (nSPS) is 17.7. The Bertz CT molecular complexity index is 1160. The predicted octanol–water partition coefficient (Wildman–Crippen LogP) is 4.76. The lowest BCUT2D eigenvalue weighted by Crippen LogP contribution is -2.29. The molecule has 2 heterocycles. The van der Waals surface area contributed by atoms with Crippen LogP contribution in [0.2, 0.25) is 5.02 Å². The number of nitrogens with zero attached hydrogens (tertiary/aromatic N) is 2. The van der Waals surface area contributed by atoms with Gasteiger partial charge in [0.05, 0.1) is 23.2 Å². The van der Waals surface area contributed by atoms with Crippen molar-refractivity contribution >= 4 is 34.7 Å². The number of anilines is 1. The third kappa shape index (κ3) is 3.78. The Kier molecular flexibility index (Phi) is 5.73. The summed E-state index contributed by atoms with van der Waals surface area (Å²) in [6, 6.07) is 16.2. The maximum Gasteiger partial charge on any atom is 0.300 e. The van der Waals surface area contributed by atoms with Crippen LogP contribution >= 0.6 is 11.6 Å². The number of Topliss-reactive ketones (excluding diaryl/α,β-unsaturated/α-hetero) is 1. The molecule has 1 N–H and O–H groups in total. The molecule has 0 bridgehead atoms. The number of carbonyl (C=O) groups excluding carboxylic acids is 2. The molecule has 0 aliphatic carbocycles. The lowest BCUT2D eigenvalue weighted by Gasteiger charge is -2.25. The monoisotopic (exact) mass is 434 g/mol. The van der Waals surface area contributed by atoms with Crippen molar-refractivity contribution in [2.75, 3.05) is 11.5 Å². The molecule has 1 saturated heterocycles. The first-order valence-corrected chi connectivity index (χ1v) is 10.1. The fraction of sp³-hybridized carbons (Fsp3) is 0.125. The number of rotatable bonds is 5. The van der Waals surface area contributed by atoms with Crippen molar-refractivity contribution in [3.05, 3.63) is 94.8 Å². The average molecular weight is 435 g/mol. The van der Waals surface area contributed by atoms with E-state index < -0.39 is 17.7 Å². The molecule has 31 heavy (non-hydrogen) atoms. The zero-order valence-electron chi connectivity index (χ0n) is 16.7. The molecule has 3 aromatic rings. The van der Waals surface area contributed by atoms with E-state index in [9.17, 15) is 14.7 Å². The van der Waals surface area contributed by atoms with Gasteiger partial charge in [-0.1, -0.05) is 35.9 Å². The largest absolute Gasteiger partial charge is 0.507 e. The molecule has 6 nitrogen and oxygen atoms in total. The number of para-hydroxylation sites is 1. The molecule has 1 amide bonds. The second kappa shape index (κ2) is 8.62. The zero-order chi connectivity index (χ0) is 22.0. The maximum atomic E-state index is 13.1. The fourth-order valence-corrected chi connectivity index (χ4v) is 3.78. The van der Waals surface area contributed by atoms with Gasteiger partial charge in [0.2, 0.25) is 0 Å². The van der Waals surface area contributed by atoms with E-state index in [4.69, 9.17) is 16.3 Å². The van der Waals surface area contributed by atoms with E-state index in [1.54, 1.807) is 67.0 Å². The Morgan fingerprint density at radius 3 is 2.58 bits per heavy atom. The minimum Gasteiger partial charge on any atom is -0.507 e. The summed E-state index contributed by atoms with van der Waals surface area (Å²) in [5.74, 6) is -1.42. The van der Waals surface area contributed by atoms with Gasteiger partial charge in [-0.3, -0.25) is 19.5 Å². The van der Waals surface area contributed by atoms with E-state index in [1.165, 1.54) is 4.90 Å². The highest BCUT2D eigenvalue weighted by atomic mass is 35.5. The topological polar surface area (TPSA) is 79.7 Å². The van der Waals surface area contributed by atoms with Crippen molar-refractivity contribution in [2.45, 2.75) is 13.0 Å². The summed E-state index contributed by atoms with van der Waals surface area (Å²) in [6.45, 7) is 2.20. The summed E-state index contributed by atoms with van der Waals surface area (Å²) in [5.41, 5.74) is 1.45. The number of benzene rings is 2. The molecule has 7 heteroatoms. The van der Waals surface area contributed by atoms with Gasteiger partial charge in [-0.15, -0.1) is 0 Å². The van der Waals surface area contributed by atoms with Gasteiger partial charge >= 0.3 is 0 Å². The van der Waals surface area contributed by atoms with Crippen LogP contribution in [0.15, 0.2) is 78.6 Å². The Labute approximate surface area is 184 Å². The zero-order valence-corrected chi connectivity index (χ0v) is 17.4. The van der Waals surface area contributed by atoms with Gasteiger partial charge in [0, 0.05) is 23.6 Å². The molecule has 1 atom stereocenters. The molecule has 1 unspecified atom stereocenters. The summed E-state index contributed by atoms with van der Waals surface area (Å²) in [7, 11) is 0. The molecule has 0 radical (unpaired) electrons. The van der Waals surface area contributed by atoms with E-state index >= 15 is 0 Å². The Morgan fingerprint density at radius 2 is 1.90 bits per heavy atom. The van der Waals surface area contributed by atoms with Crippen molar-refractivity contribution in [1.82, 2.24) is 4.98 Å². The molecule has 1 aromatic heterocycles.